The van der Waals surface area contributed by atoms with Gasteiger partial charge in [-0.05, 0) is 31.8 Å². The van der Waals surface area contributed by atoms with Gasteiger partial charge in [0, 0.05) is 6.54 Å². The average Bonchev–Trinajstić information content (AvgIpc) is 2.18. The van der Waals surface area contributed by atoms with Crippen molar-refractivity contribution in [1.82, 2.24) is 4.90 Å². The lowest BCUT2D eigenvalue weighted by Gasteiger charge is -2.16. The molecule has 0 spiro atoms. The molecule has 1 rings (SSSR count). The Morgan fingerprint density at radius 1 is 1.53 bits per heavy atom. The number of hydrogen-bond donors (Lipinski definition) is 0. The number of benzene rings is 1. The van der Waals surface area contributed by atoms with Gasteiger partial charge in [0.2, 0.25) is 0 Å². The first-order valence-electron chi connectivity index (χ1n) is 4.59. The van der Waals surface area contributed by atoms with Gasteiger partial charge in [-0.2, -0.15) is 0 Å². The number of carbonyl (C=O) groups is 1. The molecule has 2 nitrogen and oxygen atoms in total. The third-order valence-electron chi connectivity index (χ3n) is 2.10. The van der Waals surface area contributed by atoms with E-state index >= 15 is 0 Å². The molecule has 4 heteroatoms. The summed E-state index contributed by atoms with van der Waals surface area (Å²) in [5.74, 6) is -0.729. The van der Waals surface area contributed by atoms with Crippen LogP contribution in [-0.4, -0.2) is 31.8 Å². The SMILES string of the molecule is CN(C)CC(C=O)c1ccc(F)c(Cl)c1. The lowest BCUT2D eigenvalue weighted by molar-refractivity contribution is -0.109. The minimum Gasteiger partial charge on any atom is -0.308 e. The first-order valence-corrected chi connectivity index (χ1v) is 4.97. The zero-order valence-corrected chi connectivity index (χ0v) is 9.46. The molecule has 0 saturated carbocycles. The Kier molecular flexibility index (Phi) is 4.24. The summed E-state index contributed by atoms with van der Waals surface area (Å²) in [6, 6.07) is 4.37. The molecule has 0 heterocycles. The molecule has 0 saturated heterocycles. The lowest BCUT2D eigenvalue weighted by atomic mass is 10.0. The monoisotopic (exact) mass is 229 g/mol. The van der Waals surface area contributed by atoms with Crippen LogP contribution in [0.1, 0.15) is 11.5 Å². The highest BCUT2D eigenvalue weighted by Gasteiger charge is 2.13. The minimum atomic E-state index is -0.463. The Labute approximate surface area is 93.6 Å². The summed E-state index contributed by atoms with van der Waals surface area (Å²) in [5, 5.41) is 0.0538. The molecule has 1 atom stereocenters. The average molecular weight is 230 g/mol. The number of carbonyl (C=O) groups excluding carboxylic acids is 1. The number of halogens is 2. The molecular formula is C11H13ClFNO. The van der Waals surface area contributed by atoms with Crippen LogP contribution < -0.4 is 0 Å². The maximum Gasteiger partial charge on any atom is 0.141 e. The van der Waals surface area contributed by atoms with E-state index in [1.807, 2.05) is 19.0 Å². The molecule has 0 fully saturated rings. The van der Waals surface area contributed by atoms with Gasteiger partial charge >= 0.3 is 0 Å². The van der Waals surface area contributed by atoms with E-state index in [0.29, 0.717) is 6.54 Å². The van der Waals surface area contributed by atoms with Gasteiger partial charge in [-0.25, -0.2) is 4.39 Å². The maximum atomic E-state index is 12.9. The van der Waals surface area contributed by atoms with E-state index in [9.17, 15) is 9.18 Å². The minimum absolute atomic E-state index is 0.0538. The van der Waals surface area contributed by atoms with Gasteiger partial charge in [0.15, 0.2) is 0 Å². The molecule has 1 unspecified atom stereocenters. The Hall–Kier alpha value is -0.930. The Morgan fingerprint density at radius 2 is 2.20 bits per heavy atom. The van der Waals surface area contributed by atoms with E-state index in [1.54, 1.807) is 6.07 Å². The third kappa shape index (κ3) is 3.29. The van der Waals surface area contributed by atoms with Crippen LogP contribution in [0.5, 0.6) is 0 Å². The first kappa shape index (κ1) is 12.1. The predicted molar refractivity (Wildman–Crippen MR) is 58.8 cm³/mol. The Bertz CT molecular complexity index is 354. The van der Waals surface area contributed by atoms with Crippen LogP contribution >= 0.6 is 11.6 Å². The van der Waals surface area contributed by atoms with Crippen molar-refractivity contribution < 1.29 is 9.18 Å². The van der Waals surface area contributed by atoms with Crippen LogP contribution in [0.4, 0.5) is 4.39 Å². The number of nitrogens with zero attached hydrogens (tertiary/aromatic N) is 1. The van der Waals surface area contributed by atoms with Crippen LogP contribution in [0.3, 0.4) is 0 Å². The molecular weight excluding hydrogens is 217 g/mol. The molecule has 1 aromatic rings. The largest absolute Gasteiger partial charge is 0.308 e. The molecule has 0 aliphatic heterocycles. The zero-order valence-electron chi connectivity index (χ0n) is 8.71. The number of likely N-dealkylation sites (N-methyl/N-ethyl adjacent to an activating group) is 1. The van der Waals surface area contributed by atoms with Gasteiger partial charge in [0.25, 0.3) is 0 Å². The second-order valence-electron chi connectivity index (χ2n) is 3.68. The van der Waals surface area contributed by atoms with Crippen molar-refractivity contribution in [2.24, 2.45) is 0 Å². The van der Waals surface area contributed by atoms with Gasteiger partial charge in [-0.1, -0.05) is 17.7 Å². The molecule has 82 valence electrons. The standard InChI is InChI=1S/C11H13ClFNO/c1-14(2)6-9(7-15)8-3-4-11(13)10(12)5-8/h3-5,7,9H,6H2,1-2H3. The van der Waals surface area contributed by atoms with Crippen molar-refractivity contribution in [3.63, 3.8) is 0 Å². The maximum absolute atomic E-state index is 12.9. The molecule has 0 amide bonds. The quantitative estimate of drug-likeness (QED) is 0.739. The topological polar surface area (TPSA) is 20.3 Å². The van der Waals surface area contributed by atoms with E-state index in [0.717, 1.165) is 11.8 Å². The summed E-state index contributed by atoms with van der Waals surface area (Å²) >= 11 is 5.65. The van der Waals surface area contributed by atoms with E-state index in [1.165, 1.54) is 12.1 Å². The highest BCUT2D eigenvalue weighted by Crippen LogP contribution is 2.21. The summed E-state index contributed by atoms with van der Waals surface area (Å²) in [4.78, 5) is 12.8. The van der Waals surface area contributed by atoms with E-state index in [4.69, 9.17) is 11.6 Å². The van der Waals surface area contributed by atoms with Crippen LogP contribution in [-0.2, 0) is 4.79 Å². The van der Waals surface area contributed by atoms with Gasteiger partial charge < -0.3 is 9.69 Å². The second-order valence-corrected chi connectivity index (χ2v) is 4.09. The summed E-state index contributed by atoms with van der Waals surface area (Å²) in [7, 11) is 3.75. The van der Waals surface area contributed by atoms with Crippen LogP contribution in [0.2, 0.25) is 5.02 Å². The van der Waals surface area contributed by atoms with Crippen molar-refractivity contribution in [2.45, 2.75) is 5.92 Å². The van der Waals surface area contributed by atoms with Crippen LogP contribution in [0.25, 0.3) is 0 Å². The summed E-state index contributed by atoms with van der Waals surface area (Å²) in [6.45, 7) is 0.589. The second kappa shape index (κ2) is 5.24. The van der Waals surface area contributed by atoms with E-state index in [2.05, 4.69) is 0 Å². The van der Waals surface area contributed by atoms with Gasteiger partial charge in [0.1, 0.15) is 12.1 Å². The van der Waals surface area contributed by atoms with Gasteiger partial charge in [-0.3, -0.25) is 0 Å². The van der Waals surface area contributed by atoms with E-state index in [-0.39, 0.29) is 10.9 Å². The van der Waals surface area contributed by atoms with Crippen molar-refractivity contribution in [1.29, 1.82) is 0 Å². The first-order chi connectivity index (χ1) is 7.04. The summed E-state index contributed by atoms with van der Waals surface area (Å²) in [6.07, 6.45) is 0.851. The fourth-order valence-electron chi connectivity index (χ4n) is 1.36. The summed E-state index contributed by atoms with van der Waals surface area (Å²) < 4.78 is 12.9. The van der Waals surface area contributed by atoms with Gasteiger partial charge in [0.05, 0.1) is 10.9 Å². The third-order valence-corrected chi connectivity index (χ3v) is 2.39. The highest BCUT2D eigenvalue weighted by molar-refractivity contribution is 6.30. The van der Waals surface area contributed by atoms with Gasteiger partial charge in [-0.15, -0.1) is 0 Å². The van der Waals surface area contributed by atoms with Crippen molar-refractivity contribution >= 4 is 17.9 Å². The number of rotatable bonds is 4. The predicted octanol–water partition coefficient (Wildman–Crippen LogP) is 2.32. The van der Waals surface area contributed by atoms with Crippen LogP contribution in [0, 0.1) is 5.82 Å². The Balaban J connectivity index is 2.92. The van der Waals surface area contributed by atoms with Crippen molar-refractivity contribution in [3.8, 4) is 0 Å². The Morgan fingerprint density at radius 3 is 2.67 bits per heavy atom. The smallest absolute Gasteiger partial charge is 0.141 e. The molecule has 0 aromatic heterocycles. The molecule has 0 bridgehead atoms. The molecule has 0 N–H and O–H groups in total. The van der Waals surface area contributed by atoms with E-state index < -0.39 is 5.82 Å². The van der Waals surface area contributed by atoms with Crippen LogP contribution in [0.15, 0.2) is 18.2 Å². The molecule has 0 aliphatic rings. The molecule has 1 aromatic carbocycles. The van der Waals surface area contributed by atoms with Crippen molar-refractivity contribution in [3.05, 3.63) is 34.6 Å². The fourth-order valence-corrected chi connectivity index (χ4v) is 1.55. The highest BCUT2D eigenvalue weighted by atomic mass is 35.5. The zero-order chi connectivity index (χ0) is 11.4. The molecule has 15 heavy (non-hydrogen) atoms. The molecule has 0 aliphatic carbocycles. The fraction of sp³-hybridized carbons (Fsp3) is 0.364. The summed E-state index contributed by atoms with van der Waals surface area (Å²) in [5.41, 5.74) is 0.741. The molecule has 0 radical (unpaired) electrons. The number of aldehydes is 1. The normalized spacial score (nSPS) is 12.9. The van der Waals surface area contributed by atoms with Crippen molar-refractivity contribution in [2.75, 3.05) is 20.6 Å². The number of hydrogen-bond acceptors (Lipinski definition) is 2. The lowest BCUT2D eigenvalue weighted by Crippen LogP contribution is -2.21.